The van der Waals surface area contributed by atoms with Crippen molar-refractivity contribution in [2.24, 2.45) is 0 Å². The van der Waals surface area contributed by atoms with Gasteiger partial charge in [-0.15, -0.1) is 6.58 Å². The van der Waals surface area contributed by atoms with Gasteiger partial charge in [-0.2, -0.15) is 0 Å². The van der Waals surface area contributed by atoms with Crippen LogP contribution in [0.15, 0.2) is 30.9 Å². The van der Waals surface area contributed by atoms with Crippen molar-refractivity contribution in [2.75, 3.05) is 13.2 Å². The fourth-order valence-electron chi connectivity index (χ4n) is 2.35. The van der Waals surface area contributed by atoms with Crippen LogP contribution >= 0.6 is 0 Å². The Morgan fingerprint density at radius 2 is 2.17 bits per heavy atom. The number of carboxylic acids is 1. The van der Waals surface area contributed by atoms with E-state index in [-0.39, 0.29) is 13.2 Å². The molecule has 2 aromatic rings. The number of carbonyl (C=O) groups excluding carboxylic acids is 1. The molecule has 0 spiro atoms. The van der Waals surface area contributed by atoms with E-state index in [0.29, 0.717) is 11.1 Å². The molecule has 0 saturated carbocycles. The molecule has 1 aromatic heterocycles. The lowest BCUT2D eigenvalue weighted by Crippen LogP contribution is -2.44. The topological polar surface area (TPSA) is 91.4 Å². The molecule has 2 rings (SSSR count). The van der Waals surface area contributed by atoms with Gasteiger partial charge in [-0.1, -0.05) is 18.2 Å². The normalized spacial score (nSPS) is 12.1. The Labute approximate surface area is 134 Å². The second-order valence-electron chi connectivity index (χ2n) is 5.29. The number of H-pyrrole nitrogens is 1. The van der Waals surface area contributed by atoms with Gasteiger partial charge in [-0.3, -0.25) is 4.79 Å². The van der Waals surface area contributed by atoms with Crippen molar-refractivity contribution in [3.05, 3.63) is 47.7 Å². The maximum Gasteiger partial charge on any atom is 0.328 e. The van der Waals surface area contributed by atoms with Crippen molar-refractivity contribution in [3.8, 4) is 0 Å². The van der Waals surface area contributed by atoms with Crippen LogP contribution in [-0.2, 0) is 9.53 Å². The molecule has 1 atom stereocenters. The number of hydrogen-bond donors (Lipinski definition) is 3. The number of para-hydroxylation sites is 1. The summed E-state index contributed by atoms with van der Waals surface area (Å²) in [7, 11) is 0. The number of rotatable bonds is 7. The fourth-order valence-corrected chi connectivity index (χ4v) is 2.35. The van der Waals surface area contributed by atoms with E-state index >= 15 is 0 Å². The van der Waals surface area contributed by atoms with Crippen LogP contribution in [0, 0.1) is 13.8 Å². The first-order valence-electron chi connectivity index (χ1n) is 7.26. The summed E-state index contributed by atoms with van der Waals surface area (Å²) in [6.45, 7) is 7.50. The maximum atomic E-state index is 12.5. The van der Waals surface area contributed by atoms with Crippen LogP contribution < -0.4 is 5.32 Å². The van der Waals surface area contributed by atoms with Gasteiger partial charge in [-0.05, 0) is 25.5 Å². The van der Waals surface area contributed by atoms with E-state index in [2.05, 4.69) is 16.9 Å². The Hall–Kier alpha value is -2.60. The van der Waals surface area contributed by atoms with E-state index in [0.717, 1.165) is 16.6 Å². The Bertz CT molecular complexity index is 748. The number of aromatic amines is 1. The third-order valence-electron chi connectivity index (χ3n) is 3.71. The molecule has 1 unspecified atom stereocenters. The summed E-state index contributed by atoms with van der Waals surface area (Å²) in [4.78, 5) is 26.9. The second kappa shape index (κ2) is 7.11. The molecule has 0 aliphatic rings. The molecular weight excluding hydrogens is 296 g/mol. The highest BCUT2D eigenvalue weighted by Gasteiger charge is 2.22. The quantitative estimate of drug-likeness (QED) is 0.539. The van der Waals surface area contributed by atoms with Crippen LogP contribution in [-0.4, -0.2) is 41.2 Å². The van der Waals surface area contributed by atoms with Crippen LogP contribution in [0.5, 0.6) is 0 Å². The van der Waals surface area contributed by atoms with Crippen LogP contribution in [0.1, 0.15) is 21.6 Å². The molecule has 0 bridgehead atoms. The lowest BCUT2D eigenvalue weighted by atomic mass is 10.1. The highest BCUT2D eigenvalue weighted by Crippen LogP contribution is 2.24. The number of fused-ring (bicyclic) bond motifs is 1. The highest BCUT2D eigenvalue weighted by molar-refractivity contribution is 6.07. The summed E-state index contributed by atoms with van der Waals surface area (Å²) in [6.07, 6.45) is 1.52. The monoisotopic (exact) mass is 316 g/mol. The zero-order valence-electron chi connectivity index (χ0n) is 13.2. The van der Waals surface area contributed by atoms with Crippen LogP contribution in [0.2, 0.25) is 0 Å². The van der Waals surface area contributed by atoms with Gasteiger partial charge in [0.15, 0.2) is 6.04 Å². The molecule has 1 amide bonds. The number of benzene rings is 1. The van der Waals surface area contributed by atoms with Gasteiger partial charge in [0.1, 0.15) is 0 Å². The van der Waals surface area contributed by atoms with Crippen molar-refractivity contribution in [1.82, 2.24) is 10.3 Å². The smallest absolute Gasteiger partial charge is 0.328 e. The minimum atomic E-state index is -1.14. The number of amides is 1. The lowest BCUT2D eigenvalue weighted by molar-refractivity contribution is -0.140. The van der Waals surface area contributed by atoms with Gasteiger partial charge in [0, 0.05) is 11.1 Å². The number of aromatic nitrogens is 1. The predicted octanol–water partition coefficient (Wildman–Crippen LogP) is 2.17. The second-order valence-corrected chi connectivity index (χ2v) is 5.29. The molecule has 6 nitrogen and oxygen atoms in total. The molecule has 0 radical (unpaired) electrons. The predicted molar refractivity (Wildman–Crippen MR) is 87.7 cm³/mol. The Balaban J connectivity index is 2.24. The number of carbonyl (C=O) groups is 2. The van der Waals surface area contributed by atoms with E-state index in [1.807, 2.05) is 19.9 Å². The Morgan fingerprint density at radius 3 is 2.83 bits per heavy atom. The molecule has 3 N–H and O–H groups in total. The summed E-state index contributed by atoms with van der Waals surface area (Å²) in [5, 5.41) is 12.6. The molecule has 1 heterocycles. The van der Waals surface area contributed by atoms with Gasteiger partial charge in [0.25, 0.3) is 5.91 Å². The van der Waals surface area contributed by atoms with E-state index in [1.165, 1.54) is 6.08 Å². The number of hydrogen-bond acceptors (Lipinski definition) is 3. The molecule has 0 saturated heterocycles. The average Bonchev–Trinajstić information content (AvgIpc) is 2.81. The van der Waals surface area contributed by atoms with Gasteiger partial charge in [0.05, 0.1) is 24.3 Å². The Kier molecular flexibility index (Phi) is 5.18. The number of carboxylic acid groups (broad SMARTS) is 1. The zero-order chi connectivity index (χ0) is 17.0. The van der Waals surface area contributed by atoms with E-state index in [9.17, 15) is 14.7 Å². The van der Waals surface area contributed by atoms with E-state index in [4.69, 9.17) is 4.74 Å². The number of aryl methyl sites for hydroxylation is 2. The summed E-state index contributed by atoms with van der Waals surface area (Å²) in [5.41, 5.74) is 3.16. The first-order valence-corrected chi connectivity index (χ1v) is 7.26. The maximum absolute atomic E-state index is 12.5. The minimum absolute atomic E-state index is 0.119. The highest BCUT2D eigenvalue weighted by atomic mass is 16.5. The Morgan fingerprint density at radius 1 is 1.43 bits per heavy atom. The molecule has 0 fully saturated rings. The number of nitrogens with one attached hydrogen (secondary N) is 2. The van der Waals surface area contributed by atoms with Gasteiger partial charge < -0.3 is 20.1 Å². The fraction of sp³-hybridized carbons (Fsp3) is 0.294. The summed E-state index contributed by atoms with van der Waals surface area (Å²) in [6, 6.07) is 4.25. The van der Waals surface area contributed by atoms with Crippen molar-refractivity contribution in [2.45, 2.75) is 19.9 Å². The van der Waals surface area contributed by atoms with E-state index in [1.54, 1.807) is 12.1 Å². The van der Waals surface area contributed by atoms with Crippen LogP contribution in [0.3, 0.4) is 0 Å². The van der Waals surface area contributed by atoms with E-state index < -0.39 is 17.9 Å². The first-order chi connectivity index (χ1) is 11.0. The van der Waals surface area contributed by atoms with Crippen molar-refractivity contribution in [3.63, 3.8) is 0 Å². The standard InChI is InChI=1S/C17H20N2O4/c1-4-8-23-9-14(17(21)22)19-16(20)13-7-5-6-12-10(2)11(3)18-15(12)13/h4-7,14,18H,1,8-9H2,2-3H3,(H,19,20)(H,21,22). The van der Waals surface area contributed by atoms with Crippen LogP contribution in [0.25, 0.3) is 10.9 Å². The third kappa shape index (κ3) is 3.60. The molecular formula is C17H20N2O4. The average molecular weight is 316 g/mol. The van der Waals surface area contributed by atoms with Gasteiger partial charge in [-0.25, -0.2) is 4.79 Å². The number of ether oxygens (including phenoxy) is 1. The van der Waals surface area contributed by atoms with Gasteiger partial charge >= 0.3 is 5.97 Å². The summed E-state index contributed by atoms with van der Waals surface area (Å²) >= 11 is 0. The molecule has 0 aliphatic heterocycles. The molecule has 122 valence electrons. The minimum Gasteiger partial charge on any atom is -0.480 e. The van der Waals surface area contributed by atoms with Crippen molar-refractivity contribution < 1.29 is 19.4 Å². The lowest BCUT2D eigenvalue weighted by Gasteiger charge is -2.14. The SMILES string of the molecule is C=CCOCC(NC(=O)c1cccc2c(C)c(C)[nH]c12)C(=O)O. The molecule has 6 heteroatoms. The summed E-state index contributed by atoms with van der Waals surface area (Å²) < 4.78 is 5.13. The molecule has 23 heavy (non-hydrogen) atoms. The molecule has 1 aromatic carbocycles. The van der Waals surface area contributed by atoms with Crippen molar-refractivity contribution >= 4 is 22.8 Å². The first kappa shape index (κ1) is 16.8. The van der Waals surface area contributed by atoms with Crippen LogP contribution in [0.4, 0.5) is 0 Å². The van der Waals surface area contributed by atoms with Crippen molar-refractivity contribution in [1.29, 1.82) is 0 Å². The molecule has 0 aliphatic carbocycles. The third-order valence-corrected chi connectivity index (χ3v) is 3.71. The largest absolute Gasteiger partial charge is 0.480 e. The van der Waals surface area contributed by atoms with Gasteiger partial charge in [0.2, 0.25) is 0 Å². The zero-order valence-corrected chi connectivity index (χ0v) is 13.2. The number of aliphatic carboxylic acids is 1. The summed E-state index contributed by atoms with van der Waals surface area (Å²) in [5.74, 6) is -1.60.